The molecular formula is C22H22FN3O4S. The van der Waals surface area contributed by atoms with Crippen molar-refractivity contribution in [3.8, 4) is 11.5 Å². The van der Waals surface area contributed by atoms with Gasteiger partial charge in [0.05, 0.1) is 23.3 Å². The Hall–Kier alpha value is -3.59. The van der Waals surface area contributed by atoms with Crippen molar-refractivity contribution in [1.82, 2.24) is 0 Å². The summed E-state index contributed by atoms with van der Waals surface area (Å²) in [4.78, 5) is 12.2. The van der Waals surface area contributed by atoms with Gasteiger partial charge in [0.1, 0.15) is 22.9 Å². The summed E-state index contributed by atoms with van der Waals surface area (Å²) in [6.45, 7) is 3.56. The number of hydrogen-bond acceptors (Lipinski definition) is 5. The number of nitrogens with one attached hydrogen (secondary N) is 2. The van der Waals surface area contributed by atoms with E-state index in [0.29, 0.717) is 5.69 Å². The summed E-state index contributed by atoms with van der Waals surface area (Å²) in [5, 5.41) is 2.91. The second-order valence-electron chi connectivity index (χ2n) is 7.16. The van der Waals surface area contributed by atoms with Crippen LogP contribution < -0.4 is 20.5 Å². The molecule has 31 heavy (non-hydrogen) atoms. The van der Waals surface area contributed by atoms with Crippen LogP contribution in [0.1, 0.15) is 21.5 Å². The zero-order valence-electron chi connectivity index (χ0n) is 17.2. The largest absolute Gasteiger partial charge is 0.456 e. The summed E-state index contributed by atoms with van der Waals surface area (Å²) in [5.74, 6) is -0.803. The summed E-state index contributed by atoms with van der Waals surface area (Å²) in [6.07, 6.45) is 1.04. The maximum absolute atomic E-state index is 14.3. The van der Waals surface area contributed by atoms with Crippen LogP contribution >= 0.6 is 0 Å². The fourth-order valence-electron chi connectivity index (χ4n) is 3.02. The Labute approximate surface area is 180 Å². The number of ether oxygens (including phenoxy) is 1. The number of hydrogen-bond donors (Lipinski definition) is 3. The number of sulfonamides is 1. The Balaban J connectivity index is 2.01. The van der Waals surface area contributed by atoms with Crippen molar-refractivity contribution in [2.24, 2.45) is 5.73 Å². The van der Waals surface area contributed by atoms with Gasteiger partial charge in [-0.25, -0.2) is 12.8 Å². The molecule has 0 atom stereocenters. The van der Waals surface area contributed by atoms with Gasteiger partial charge in [0, 0.05) is 6.07 Å². The molecule has 0 bridgehead atoms. The van der Waals surface area contributed by atoms with Gasteiger partial charge in [0.15, 0.2) is 0 Å². The van der Waals surface area contributed by atoms with Gasteiger partial charge in [-0.3, -0.25) is 9.52 Å². The summed E-state index contributed by atoms with van der Waals surface area (Å²) in [6, 6.07) is 14.2. The maximum Gasteiger partial charge on any atom is 0.254 e. The van der Waals surface area contributed by atoms with Gasteiger partial charge in [0.2, 0.25) is 10.0 Å². The highest BCUT2D eigenvalue weighted by atomic mass is 32.2. The fraction of sp³-hybridized carbons (Fsp3) is 0.136. The molecule has 0 aliphatic heterocycles. The van der Waals surface area contributed by atoms with Crippen LogP contribution in [0.5, 0.6) is 11.5 Å². The average Bonchev–Trinajstić information content (AvgIpc) is 2.62. The Morgan fingerprint density at radius 3 is 2.39 bits per heavy atom. The molecule has 0 saturated heterocycles. The third-order valence-electron chi connectivity index (χ3n) is 4.25. The Bertz CT molecular complexity index is 1260. The number of primary amides is 1. The molecule has 0 radical (unpaired) electrons. The summed E-state index contributed by atoms with van der Waals surface area (Å²) in [7, 11) is -3.47. The molecule has 3 aromatic rings. The third-order valence-corrected chi connectivity index (χ3v) is 4.86. The number of halogens is 1. The van der Waals surface area contributed by atoms with Gasteiger partial charge in [-0.15, -0.1) is 0 Å². The number of benzene rings is 3. The molecule has 162 valence electrons. The minimum atomic E-state index is -3.47. The first-order valence-electron chi connectivity index (χ1n) is 9.25. The summed E-state index contributed by atoms with van der Waals surface area (Å²) < 4.78 is 45.5. The predicted octanol–water partition coefficient (Wildman–Crippen LogP) is 4.45. The van der Waals surface area contributed by atoms with Crippen molar-refractivity contribution in [2.75, 3.05) is 16.3 Å². The van der Waals surface area contributed by atoms with E-state index in [-0.39, 0.29) is 28.4 Å². The molecule has 0 saturated carbocycles. The lowest BCUT2D eigenvalue weighted by Gasteiger charge is -2.17. The molecule has 0 aromatic heterocycles. The molecule has 1 amide bonds. The lowest BCUT2D eigenvalue weighted by Crippen LogP contribution is -2.15. The molecule has 3 rings (SSSR count). The van der Waals surface area contributed by atoms with E-state index < -0.39 is 21.7 Å². The number of amides is 1. The Morgan fingerprint density at radius 2 is 1.74 bits per heavy atom. The van der Waals surface area contributed by atoms with Crippen molar-refractivity contribution >= 4 is 33.0 Å². The van der Waals surface area contributed by atoms with E-state index in [4.69, 9.17) is 10.5 Å². The van der Waals surface area contributed by atoms with E-state index in [1.54, 1.807) is 56.3 Å². The number of carbonyl (C=O) groups is 1. The van der Waals surface area contributed by atoms with Crippen LogP contribution in [0.3, 0.4) is 0 Å². The maximum atomic E-state index is 14.3. The SMILES string of the molecule is Cc1ccc(Nc2cc(C)cc(Oc3cccc(NS(C)(=O)=O)c3)c2C(N)=O)c(F)c1. The van der Waals surface area contributed by atoms with Crippen molar-refractivity contribution in [3.05, 3.63) is 77.1 Å². The van der Waals surface area contributed by atoms with Crippen molar-refractivity contribution < 1.29 is 22.3 Å². The predicted molar refractivity (Wildman–Crippen MR) is 119 cm³/mol. The highest BCUT2D eigenvalue weighted by Gasteiger charge is 2.19. The highest BCUT2D eigenvalue weighted by molar-refractivity contribution is 7.92. The number of aryl methyl sites for hydroxylation is 2. The van der Waals surface area contributed by atoms with E-state index >= 15 is 0 Å². The second kappa shape index (κ2) is 8.65. The number of rotatable bonds is 7. The van der Waals surface area contributed by atoms with Crippen molar-refractivity contribution in [3.63, 3.8) is 0 Å². The molecule has 0 spiro atoms. The molecule has 3 aromatic carbocycles. The zero-order valence-corrected chi connectivity index (χ0v) is 18.0. The van der Waals surface area contributed by atoms with Crippen LogP contribution in [0.15, 0.2) is 54.6 Å². The van der Waals surface area contributed by atoms with Crippen molar-refractivity contribution in [2.45, 2.75) is 13.8 Å². The van der Waals surface area contributed by atoms with E-state index in [0.717, 1.165) is 17.4 Å². The first-order valence-corrected chi connectivity index (χ1v) is 11.1. The number of nitrogens with two attached hydrogens (primary N) is 1. The van der Waals surface area contributed by atoms with E-state index in [1.165, 1.54) is 12.1 Å². The van der Waals surface area contributed by atoms with Gasteiger partial charge in [-0.1, -0.05) is 12.1 Å². The zero-order chi connectivity index (χ0) is 22.8. The van der Waals surface area contributed by atoms with Gasteiger partial charge in [0.25, 0.3) is 5.91 Å². The first-order chi connectivity index (χ1) is 14.5. The molecule has 9 heteroatoms. The lowest BCUT2D eigenvalue weighted by atomic mass is 10.1. The number of carbonyl (C=O) groups excluding carboxylic acids is 1. The third kappa shape index (κ3) is 5.73. The number of anilines is 3. The van der Waals surface area contributed by atoms with Crippen LogP contribution in [0.2, 0.25) is 0 Å². The molecular weight excluding hydrogens is 421 g/mol. The van der Waals surface area contributed by atoms with Gasteiger partial charge in [-0.05, 0) is 61.4 Å². The second-order valence-corrected chi connectivity index (χ2v) is 8.91. The molecule has 0 unspecified atom stereocenters. The van der Waals surface area contributed by atoms with Crippen LogP contribution in [-0.4, -0.2) is 20.6 Å². The fourth-order valence-corrected chi connectivity index (χ4v) is 3.57. The minimum Gasteiger partial charge on any atom is -0.456 e. The van der Waals surface area contributed by atoms with Crippen LogP contribution in [0.25, 0.3) is 0 Å². The quantitative estimate of drug-likeness (QED) is 0.500. The standard InChI is InChI=1S/C22H22FN3O4S/c1-13-7-8-18(17(23)9-13)25-19-10-14(2)11-20(21(19)22(24)27)30-16-6-4-5-15(12-16)26-31(3,28)29/h4-12,25-26H,1-3H3,(H2,24,27). The molecule has 0 aliphatic carbocycles. The smallest absolute Gasteiger partial charge is 0.254 e. The Morgan fingerprint density at radius 1 is 1.00 bits per heavy atom. The molecule has 7 nitrogen and oxygen atoms in total. The van der Waals surface area contributed by atoms with Gasteiger partial charge in [-0.2, -0.15) is 0 Å². The lowest BCUT2D eigenvalue weighted by molar-refractivity contribution is 0.0999. The monoisotopic (exact) mass is 443 g/mol. The van der Waals surface area contributed by atoms with E-state index in [9.17, 15) is 17.6 Å². The molecule has 0 aliphatic rings. The van der Waals surface area contributed by atoms with E-state index in [1.807, 2.05) is 0 Å². The van der Waals surface area contributed by atoms with Gasteiger partial charge < -0.3 is 15.8 Å². The topological polar surface area (TPSA) is 111 Å². The first kappa shape index (κ1) is 22.1. The van der Waals surface area contributed by atoms with E-state index in [2.05, 4.69) is 10.0 Å². The molecule has 4 N–H and O–H groups in total. The normalized spacial score (nSPS) is 11.1. The van der Waals surface area contributed by atoms with Crippen LogP contribution in [0, 0.1) is 19.7 Å². The molecule has 0 heterocycles. The van der Waals surface area contributed by atoms with Gasteiger partial charge >= 0.3 is 0 Å². The highest BCUT2D eigenvalue weighted by Crippen LogP contribution is 2.35. The van der Waals surface area contributed by atoms with Crippen LogP contribution in [-0.2, 0) is 10.0 Å². The summed E-state index contributed by atoms with van der Waals surface area (Å²) >= 11 is 0. The Kier molecular flexibility index (Phi) is 6.16. The van der Waals surface area contributed by atoms with Crippen LogP contribution in [0.4, 0.5) is 21.5 Å². The molecule has 0 fully saturated rings. The summed E-state index contributed by atoms with van der Waals surface area (Å²) in [5.41, 5.74) is 7.90. The van der Waals surface area contributed by atoms with Crippen molar-refractivity contribution in [1.29, 1.82) is 0 Å². The average molecular weight is 444 g/mol. The minimum absolute atomic E-state index is 0.0343.